The average molecular weight is 386 g/mol. The van der Waals surface area contributed by atoms with E-state index in [1.807, 2.05) is 25.1 Å². The summed E-state index contributed by atoms with van der Waals surface area (Å²) < 4.78 is 32.1. The quantitative estimate of drug-likeness (QED) is 0.446. The lowest BCUT2D eigenvalue weighted by Crippen LogP contribution is -2.37. The van der Waals surface area contributed by atoms with Gasteiger partial charge in [0, 0.05) is 23.1 Å². The number of rotatable bonds is 6. The molecule has 0 fully saturated rings. The number of nitrogens with two attached hydrogens (primary N) is 1. The molecule has 0 amide bonds. The molecule has 0 saturated heterocycles. The first-order valence-corrected chi connectivity index (χ1v) is 9.92. The Labute approximate surface area is 158 Å². The van der Waals surface area contributed by atoms with E-state index in [0.717, 1.165) is 27.9 Å². The van der Waals surface area contributed by atoms with Crippen LogP contribution in [0.5, 0.6) is 5.75 Å². The first-order chi connectivity index (χ1) is 12.9. The highest BCUT2D eigenvalue weighted by molar-refractivity contribution is 7.90. The Balaban J connectivity index is 1.72. The normalized spacial score (nSPS) is 12.3. The molecule has 7 nitrogen and oxygen atoms in total. The van der Waals surface area contributed by atoms with Gasteiger partial charge in [0.25, 0.3) is 10.0 Å². The highest BCUT2D eigenvalue weighted by Crippen LogP contribution is 2.26. The van der Waals surface area contributed by atoms with Crippen molar-refractivity contribution >= 4 is 26.9 Å². The summed E-state index contributed by atoms with van der Waals surface area (Å²) in [6.07, 6.45) is 0.618. The number of aliphatic imine (C=N–C) groups is 1. The molecule has 0 atom stereocenters. The molecule has 142 valence electrons. The minimum Gasteiger partial charge on any atom is -0.497 e. The monoisotopic (exact) mass is 386 g/mol. The van der Waals surface area contributed by atoms with Gasteiger partial charge in [-0.1, -0.05) is 18.2 Å². The molecule has 0 bridgehead atoms. The van der Waals surface area contributed by atoms with Crippen molar-refractivity contribution in [3.8, 4) is 5.75 Å². The van der Waals surface area contributed by atoms with Crippen LogP contribution in [0.3, 0.4) is 0 Å². The topological polar surface area (TPSA) is 110 Å². The van der Waals surface area contributed by atoms with Crippen LogP contribution in [0.2, 0.25) is 0 Å². The SMILES string of the molecule is COc1ccc2[nH]c(C)c(CCN=C(N)NS(=O)(=O)c3ccccc3)c2c1. The number of aryl methyl sites for hydroxylation is 1. The molecule has 0 saturated carbocycles. The molecular weight excluding hydrogens is 364 g/mol. The minimum atomic E-state index is -3.72. The van der Waals surface area contributed by atoms with E-state index < -0.39 is 10.0 Å². The molecule has 0 spiro atoms. The summed E-state index contributed by atoms with van der Waals surface area (Å²) in [6, 6.07) is 13.9. The van der Waals surface area contributed by atoms with Gasteiger partial charge in [0.15, 0.2) is 0 Å². The third kappa shape index (κ3) is 4.22. The van der Waals surface area contributed by atoms with Gasteiger partial charge in [-0.2, -0.15) is 0 Å². The van der Waals surface area contributed by atoms with Gasteiger partial charge in [-0.25, -0.2) is 13.1 Å². The maximum atomic E-state index is 12.2. The fraction of sp³-hybridized carbons (Fsp3) is 0.211. The fourth-order valence-corrected chi connectivity index (χ4v) is 3.90. The molecular formula is C19H22N4O3S. The van der Waals surface area contributed by atoms with Crippen molar-refractivity contribution in [2.45, 2.75) is 18.2 Å². The molecule has 2 aromatic carbocycles. The van der Waals surface area contributed by atoms with Gasteiger partial charge in [0.05, 0.1) is 12.0 Å². The second kappa shape index (κ2) is 7.71. The van der Waals surface area contributed by atoms with Crippen molar-refractivity contribution in [3.05, 3.63) is 59.8 Å². The standard InChI is InChI=1S/C19H22N4O3S/c1-13-16(17-12-14(26-2)8-9-18(17)22-13)10-11-21-19(20)23-27(24,25)15-6-4-3-5-7-15/h3-9,12,22H,10-11H2,1-2H3,(H3,20,21,23). The Morgan fingerprint density at radius 3 is 2.67 bits per heavy atom. The highest BCUT2D eigenvalue weighted by Gasteiger charge is 2.14. The molecule has 0 aliphatic rings. The van der Waals surface area contributed by atoms with Crippen LogP contribution in [-0.4, -0.2) is 33.0 Å². The van der Waals surface area contributed by atoms with Crippen molar-refractivity contribution in [3.63, 3.8) is 0 Å². The van der Waals surface area contributed by atoms with E-state index in [1.165, 1.54) is 12.1 Å². The van der Waals surface area contributed by atoms with E-state index in [0.29, 0.717) is 13.0 Å². The van der Waals surface area contributed by atoms with Gasteiger partial charge in [-0.05, 0) is 49.2 Å². The molecule has 0 aliphatic carbocycles. The van der Waals surface area contributed by atoms with Crippen molar-refractivity contribution < 1.29 is 13.2 Å². The zero-order valence-corrected chi connectivity index (χ0v) is 16.0. The van der Waals surface area contributed by atoms with E-state index in [4.69, 9.17) is 10.5 Å². The van der Waals surface area contributed by atoms with Gasteiger partial charge < -0.3 is 15.5 Å². The van der Waals surface area contributed by atoms with E-state index in [2.05, 4.69) is 14.7 Å². The number of fused-ring (bicyclic) bond motifs is 1. The van der Waals surface area contributed by atoms with Gasteiger partial charge >= 0.3 is 0 Å². The Morgan fingerprint density at radius 1 is 1.22 bits per heavy atom. The first-order valence-electron chi connectivity index (χ1n) is 8.43. The van der Waals surface area contributed by atoms with E-state index in [1.54, 1.807) is 25.3 Å². The summed E-state index contributed by atoms with van der Waals surface area (Å²) in [5, 5.41) is 1.06. The predicted molar refractivity (Wildman–Crippen MR) is 107 cm³/mol. The second-order valence-electron chi connectivity index (χ2n) is 6.08. The summed E-state index contributed by atoms with van der Waals surface area (Å²) in [4.78, 5) is 7.63. The van der Waals surface area contributed by atoms with Gasteiger partial charge in [0.2, 0.25) is 5.96 Å². The number of aromatic amines is 1. The number of H-pyrrole nitrogens is 1. The number of ether oxygens (including phenoxy) is 1. The Kier molecular flexibility index (Phi) is 5.36. The van der Waals surface area contributed by atoms with E-state index in [-0.39, 0.29) is 10.9 Å². The molecule has 0 radical (unpaired) electrons. The lowest BCUT2D eigenvalue weighted by molar-refractivity contribution is 0.415. The number of sulfonamides is 1. The van der Waals surface area contributed by atoms with Crippen molar-refractivity contribution in [2.75, 3.05) is 13.7 Å². The number of methoxy groups -OCH3 is 1. The van der Waals surface area contributed by atoms with E-state index >= 15 is 0 Å². The summed E-state index contributed by atoms with van der Waals surface area (Å²) in [7, 11) is -2.09. The minimum absolute atomic E-state index is 0.131. The van der Waals surface area contributed by atoms with Crippen LogP contribution in [-0.2, 0) is 16.4 Å². The number of nitrogens with zero attached hydrogens (tertiary/aromatic N) is 1. The zero-order chi connectivity index (χ0) is 19.4. The molecule has 8 heteroatoms. The van der Waals surface area contributed by atoms with Crippen LogP contribution in [0.4, 0.5) is 0 Å². The van der Waals surface area contributed by atoms with Crippen molar-refractivity contribution in [1.29, 1.82) is 0 Å². The van der Waals surface area contributed by atoms with Crippen LogP contribution in [0.1, 0.15) is 11.3 Å². The Bertz CT molecular complexity index is 1070. The number of aromatic nitrogens is 1. The first kappa shape index (κ1) is 18.8. The summed E-state index contributed by atoms with van der Waals surface area (Å²) in [5.41, 5.74) is 8.93. The van der Waals surface area contributed by atoms with Crippen LogP contribution < -0.4 is 15.2 Å². The Morgan fingerprint density at radius 2 is 1.96 bits per heavy atom. The zero-order valence-electron chi connectivity index (χ0n) is 15.2. The molecule has 27 heavy (non-hydrogen) atoms. The third-order valence-electron chi connectivity index (χ3n) is 4.26. The maximum Gasteiger partial charge on any atom is 0.264 e. The number of benzene rings is 2. The van der Waals surface area contributed by atoms with E-state index in [9.17, 15) is 8.42 Å². The van der Waals surface area contributed by atoms with Crippen LogP contribution in [0.25, 0.3) is 10.9 Å². The Hall–Kier alpha value is -3.00. The average Bonchev–Trinajstić information content (AvgIpc) is 2.96. The van der Waals surface area contributed by atoms with Gasteiger partial charge in [0.1, 0.15) is 5.75 Å². The smallest absolute Gasteiger partial charge is 0.264 e. The molecule has 3 rings (SSSR count). The molecule has 1 aromatic heterocycles. The number of nitrogens with one attached hydrogen (secondary N) is 2. The lowest BCUT2D eigenvalue weighted by atomic mass is 10.1. The second-order valence-corrected chi connectivity index (χ2v) is 7.76. The third-order valence-corrected chi connectivity index (χ3v) is 5.63. The number of hydrogen-bond donors (Lipinski definition) is 3. The molecule has 4 N–H and O–H groups in total. The summed E-state index contributed by atoms with van der Waals surface area (Å²) in [5.74, 6) is 0.648. The van der Waals surface area contributed by atoms with Crippen molar-refractivity contribution in [2.24, 2.45) is 10.7 Å². The number of hydrogen-bond acceptors (Lipinski definition) is 4. The summed E-state index contributed by atoms with van der Waals surface area (Å²) >= 11 is 0. The molecule has 0 aliphatic heterocycles. The lowest BCUT2D eigenvalue weighted by Gasteiger charge is -2.07. The highest BCUT2D eigenvalue weighted by atomic mass is 32.2. The fourth-order valence-electron chi connectivity index (χ4n) is 2.93. The molecule has 3 aromatic rings. The van der Waals surface area contributed by atoms with Crippen LogP contribution in [0, 0.1) is 6.92 Å². The van der Waals surface area contributed by atoms with Crippen LogP contribution >= 0.6 is 0 Å². The maximum absolute atomic E-state index is 12.2. The van der Waals surface area contributed by atoms with Crippen LogP contribution in [0.15, 0.2) is 58.4 Å². The predicted octanol–water partition coefficient (Wildman–Crippen LogP) is 2.32. The molecule has 0 unspecified atom stereocenters. The van der Waals surface area contributed by atoms with Crippen molar-refractivity contribution in [1.82, 2.24) is 9.71 Å². The number of guanidine groups is 1. The van der Waals surface area contributed by atoms with Gasteiger partial charge in [-0.15, -0.1) is 0 Å². The largest absolute Gasteiger partial charge is 0.497 e. The molecule has 1 heterocycles. The van der Waals surface area contributed by atoms with Gasteiger partial charge in [-0.3, -0.25) is 4.99 Å². The summed E-state index contributed by atoms with van der Waals surface area (Å²) in [6.45, 7) is 2.35.